The predicted molar refractivity (Wildman–Crippen MR) is 24.7 cm³/mol. The van der Waals surface area contributed by atoms with Crippen LogP contribution in [0.25, 0.3) is 0 Å². The van der Waals surface area contributed by atoms with Gasteiger partial charge in [0.1, 0.15) is 0 Å². The Bertz CT molecular complexity index is 76.6. The smallest absolute Gasteiger partial charge is 0.550 e. The largest absolute Gasteiger partial charge is 3.00 e. The van der Waals surface area contributed by atoms with Crippen LogP contribution in [-0.2, 0) is 4.79 Å². The number of hydrogen-bond donors (Lipinski definition) is 0. The van der Waals surface area contributed by atoms with Crippen LogP contribution in [0.2, 0.25) is 0 Å². The maximum atomic E-state index is 8.89. The average molecular weight is 417 g/mol. The van der Waals surface area contributed by atoms with Gasteiger partial charge < -0.3 is 30.7 Å². The summed E-state index contributed by atoms with van der Waals surface area (Å²) in [4.78, 5) is 17.1. The van der Waals surface area contributed by atoms with Crippen LogP contribution in [0.4, 0.5) is 0 Å². The maximum Gasteiger partial charge on any atom is 3.00 e. The van der Waals surface area contributed by atoms with Gasteiger partial charge in [-0.15, -0.1) is 0 Å². The molecule has 9 heteroatoms. The molecule has 0 unspecified atom stereocenters. The topological polar surface area (TPSA) is 138 Å². The number of hydrogen-bond acceptors (Lipinski definition) is 5. The summed E-state index contributed by atoms with van der Waals surface area (Å²) in [6.07, 6.45) is 0. The Morgan fingerprint density at radius 3 is 1.27 bits per heavy atom. The fourth-order valence-corrected chi connectivity index (χ4v) is 0. The zero-order valence-electron chi connectivity index (χ0n) is 5.64. The second-order valence-electron chi connectivity index (χ2n) is 0.715. The molecule has 56 valence electrons. The standard InChI is InChI=1S/C2H4O2.2La.NO3.H2O/c1-2(3)4;;;2-1(3)4;/h1H3,(H,3,4);;;;1H2/q;2*+3;-1;/p-1. The van der Waals surface area contributed by atoms with E-state index in [2.05, 4.69) is 0 Å². The van der Waals surface area contributed by atoms with Gasteiger partial charge in [0.2, 0.25) is 0 Å². The zero-order valence-corrected chi connectivity index (χ0v) is 12.9. The van der Waals surface area contributed by atoms with E-state index in [1.807, 2.05) is 0 Å². The Hall–Kier alpha value is 1.02. The van der Waals surface area contributed by atoms with Crippen LogP contribution in [-0.4, -0.2) is 16.5 Å². The normalized spacial score (nSPS) is 4.45. The Morgan fingerprint density at radius 2 is 1.27 bits per heavy atom. The molecule has 0 aliphatic heterocycles. The van der Waals surface area contributed by atoms with Crippen molar-refractivity contribution in [1.82, 2.24) is 0 Å². The third kappa shape index (κ3) is 862. The van der Waals surface area contributed by atoms with Gasteiger partial charge in [-0.05, 0) is 6.92 Å². The van der Waals surface area contributed by atoms with E-state index in [0.29, 0.717) is 0 Å². The molecule has 0 radical (unpaired) electrons. The number of carbonyl (C=O) groups excluding carboxylic acids is 1. The monoisotopic (exact) mass is 417 g/mol. The van der Waals surface area contributed by atoms with Crippen molar-refractivity contribution in [3.8, 4) is 0 Å². The van der Waals surface area contributed by atoms with Crippen molar-refractivity contribution in [1.29, 1.82) is 0 Å². The van der Waals surface area contributed by atoms with E-state index in [0.717, 1.165) is 6.92 Å². The van der Waals surface area contributed by atoms with Gasteiger partial charge in [0.25, 0.3) is 0 Å². The summed E-state index contributed by atoms with van der Waals surface area (Å²) in [6.45, 7) is 0.972. The van der Waals surface area contributed by atoms with Gasteiger partial charge in [-0.25, -0.2) is 0 Å². The zero-order chi connectivity index (χ0) is 7.15. The van der Waals surface area contributed by atoms with Crippen molar-refractivity contribution in [3.63, 3.8) is 0 Å². The minimum atomic E-state index is -1.75. The second-order valence-corrected chi connectivity index (χ2v) is 0.715. The van der Waals surface area contributed by atoms with Crippen LogP contribution in [0.15, 0.2) is 0 Å². The van der Waals surface area contributed by atoms with E-state index in [1.165, 1.54) is 0 Å². The molecular formula is C2H5La2NO6+4. The summed E-state index contributed by atoms with van der Waals surface area (Å²) in [6, 6.07) is 0. The number of aliphatic carboxylic acids is 1. The van der Waals surface area contributed by atoms with E-state index in [4.69, 9.17) is 25.2 Å². The fourth-order valence-electron chi connectivity index (χ4n) is 0. The number of carbonyl (C=O) groups is 1. The molecule has 0 bridgehead atoms. The number of carboxylic acids is 1. The predicted octanol–water partition coefficient (Wildman–Crippen LogP) is -2.31. The Morgan fingerprint density at radius 1 is 1.27 bits per heavy atom. The summed E-state index contributed by atoms with van der Waals surface area (Å²) in [5.41, 5.74) is 0. The van der Waals surface area contributed by atoms with Crippen molar-refractivity contribution >= 4 is 5.97 Å². The first kappa shape index (κ1) is 29.6. The first-order valence-corrected chi connectivity index (χ1v) is 1.46. The number of carboxylic acid groups (broad SMARTS) is 1. The van der Waals surface area contributed by atoms with Crippen molar-refractivity contribution in [2.24, 2.45) is 0 Å². The molecule has 0 saturated carbocycles. The van der Waals surface area contributed by atoms with Crippen LogP contribution in [0, 0.1) is 86.5 Å². The summed E-state index contributed by atoms with van der Waals surface area (Å²) < 4.78 is 0. The molecule has 0 aliphatic carbocycles. The molecule has 11 heavy (non-hydrogen) atoms. The minimum absolute atomic E-state index is 0. The van der Waals surface area contributed by atoms with Gasteiger partial charge >= 0.3 is 71.2 Å². The maximum absolute atomic E-state index is 8.89. The fraction of sp³-hybridized carbons (Fsp3) is 0.500. The van der Waals surface area contributed by atoms with Crippen LogP contribution >= 0.6 is 0 Å². The Balaban J connectivity index is -0.0000000171. The van der Waals surface area contributed by atoms with Gasteiger partial charge in [0.15, 0.2) is 0 Å². The van der Waals surface area contributed by atoms with Crippen LogP contribution in [0.3, 0.4) is 0 Å². The van der Waals surface area contributed by atoms with Gasteiger partial charge in [0, 0.05) is 5.97 Å². The van der Waals surface area contributed by atoms with Crippen molar-refractivity contribution in [3.05, 3.63) is 15.3 Å². The van der Waals surface area contributed by atoms with Crippen LogP contribution < -0.4 is 5.11 Å². The van der Waals surface area contributed by atoms with E-state index >= 15 is 0 Å². The molecule has 0 spiro atoms. The molecule has 0 saturated heterocycles. The van der Waals surface area contributed by atoms with E-state index in [-0.39, 0.29) is 76.7 Å². The SMILES string of the molecule is CC(=O)[O-].O.O=[N+]([O-])[O-].[La+3].[La+3]. The Labute approximate surface area is 118 Å². The number of rotatable bonds is 0. The summed E-state index contributed by atoms with van der Waals surface area (Å²) in [5.74, 6) is -1.08. The molecule has 0 fully saturated rings. The van der Waals surface area contributed by atoms with Crippen molar-refractivity contribution < 1.29 is 91.7 Å². The second kappa shape index (κ2) is 22.5. The summed E-state index contributed by atoms with van der Waals surface area (Å²) in [5, 5.41) is 23.6. The molecule has 2 N–H and O–H groups in total. The quantitative estimate of drug-likeness (QED) is 0.322. The molecule has 0 aromatic rings. The third-order valence-electron chi connectivity index (χ3n) is 0. The number of nitrogens with zero attached hydrogens (tertiary/aromatic N) is 1. The van der Waals surface area contributed by atoms with Crippen LogP contribution in [0.5, 0.6) is 0 Å². The van der Waals surface area contributed by atoms with Gasteiger partial charge in [-0.1, -0.05) is 0 Å². The Kier molecular flexibility index (Phi) is 60.5. The van der Waals surface area contributed by atoms with Crippen molar-refractivity contribution in [2.75, 3.05) is 0 Å². The molecule has 0 rings (SSSR count). The van der Waals surface area contributed by atoms with Gasteiger partial charge in [-0.2, -0.15) is 0 Å². The summed E-state index contributed by atoms with van der Waals surface area (Å²) in [7, 11) is 0. The summed E-state index contributed by atoms with van der Waals surface area (Å²) >= 11 is 0. The molecule has 0 heterocycles. The first-order valence-electron chi connectivity index (χ1n) is 1.46. The minimum Gasteiger partial charge on any atom is -0.550 e. The third-order valence-corrected chi connectivity index (χ3v) is 0. The average Bonchev–Trinajstić information content (AvgIpc) is 1.25. The van der Waals surface area contributed by atoms with Crippen molar-refractivity contribution in [2.45, 2.75) is 6.92 Å². The first-order chi connectivity index (χ1) is 3.46. The van der Waals surface area contributed by atoms with E-state index in [9.17, 15) is 0 Å². The molecule has 0 atom stereocenters. The molecule has 0 aromatic heterocycles. The van der Waals surface area contributed by atoms with Gasteiger partial charge in [0.05, 0.1) is 5.09 Å². The molecule has 0 amide bonds. The molecule has 0 aromatic carbocycles. The molecular weight excluding hydrogens is 412 g/mol. The van der Waals surface area contributed by atoms with Crippen LogP contribution in [0.1, 0.15) is 6.92 Å². The molecule has 7 nitrogen and oxygen atoms in total. The molecule has 0 aliphatic rings. The van der Waals surface area contributed by atoms with E-state index < -0.39 is 11.1 Å². The van der Waals surface area contributed by atoms with E-state index in [1.54, 1.807) is 0 Å². The van der Waals surface area contributed by atoms with Gasteiger partial charge in [-0.3, -0.25) is 0 Å².